The maximum absolute atomic E-state index is 13.5. The molecule has 0 aliphatic carbocycles. The third kappa shape index (κ3) is 4.07. The number of carbonyl (C=O) groups is 1. The smallest absolute Gasteiger partial charge is 0.238 e. The molecular formula is C15H11BrF3NO. The van der Waals surface area contributed by atoms with Crippen molar-refractivity contribution >= 4 is 27.5 Å². The molecule has 110 valence electrons. The van der Waals surface area contributed by atoms with Crippen LogP contribution in [0, 0.1) is 17.5 Å². The first-order valence-corrected chi connectivity index (χ1v) is 7.02. The minimum Gasteiger partial charge on any atom is -0.323 e. The van der Waals surface area contributed by atoms with Gasteiger partial charge in [0.05, 0.1) is 10.5 Å². The maximum atomic E-state index is 13.5. The van der Waals surface area contributed by atoms with E-state index in [9.17, 15) is 18.0 Å². The van der Waals surface area contributed by atoms with Crippen molar-refractivity contribution in [1.29, 1.82) is 0 Å². The lowest BCUT2D eigenvalue weighted by Crippen LogP contribution is -2.25. The van der Waals surface area contributed by atoms with Crippen molar-refractivity contribution in [2.24, 2.45) is 0 Å². The first-order valence-electron chi connectivity index (χ1n) is 6.11. The molecule has 2 rings (SSSR count). The SMILES string of the molecule is O=C(Nc1ccc(F)cc1F)C(Br)Cc1ccccc1F. The predicted molar refractivity (Wildman–Crippen MR) is 77.8 cm³/mol. The Morgan fingerprint density at radius 3 is 2.48 bits per heavy atom. The number of hydrogen-bond donors (Lipinski definition) is 1. The van der Waals surface area contributed by atoms with Crippen LogP contribution in [0.2, 0.25) is 0 Å². The first-order chi connectivity index (χ1) is 9.97. The maximum Gasteiger partial charge on any atom is 0.238 e. The third-order valence-electron chi connectivity index (χ3n) is 2.83. The number of carbonyl (C=O) groups excluding carboxylic acids is 1. The van der Waals surface area contributed by atoms with Crippen LogP contribution < -0.4 is 5.32 Å². The lowest BCUT2D eigenvalue weighted by Gasteiger charge is -2.12. The Hall–Kier alpha value is -1.82. The van der Waals surface area contributed by atoms with E-state index in [-0.39, 0.29) is 12.1 Å². The molecule has 2 aromatic carbocycles. The van der Waals surface area contributed by atoms with E-state index in [4.69, 9.17) is 0 Å². The van der Waals surface area contributed by atoms with Gasteiger partial charge in [-0.25, -0.2) is 13.2 Å². The summed E-state index contributed by atoms with van der Waals surface area (Å²) in [6.45, 7) is 0. The standard InChI is InChI=1S/C15H11BrF3NO/c16-11(7-9-3-1-2-4-12(9)18)15(21)20-14-6-5-10(17)8-13(14)19/h1-6,8,11H,7H2,(H,20,21). The molecule has 1 N–H and O–H groups in total. The number of nitrogens with one attached hydrogen (secondary N) is 1. The fourth-order valence-electron chi connectivity index (χ4n) is 1.75. The molecule has 6 heteroatoms. The predicted octanol–water partition coefficient (Wildman–Crippen LogP) is 4.05. The van der Waals surface area contributed by atoms with Gasteiger partial charge in [-0.15, -0.1) is 0 Å². The van der Waals surface area contributed by atoms with Crippen molar-refractivity contribution in [1.82, 2.24) is 0 Å². The van der Waals surface area contributed by atoms with E-state index < -0.39 is 28.2 Å². The zero-order chi connectivity index (χ0) is 15.4. The van der Waals surface area contributed by atoms with Crippen molar-refractivity contribution in [3.63, 3.8) is 0 Å². The summed E-state index contributed by atoms with van der Waals surface area (Å²) in [7, 11) is 0. The number of alkyl halides is 1. The van der Waals surface area contributed by atoms with Crippen LogP contribution in [0.4, 0.5) is 18.9 Å². The number of amides is 1. The van der Waals surface area contributed by atoms with Crippen LogP contribution in [0.5, 0.6) is 0 Å². The van der Waals surface area contributed by atoms with E-state index in [0.29, 0.717) is 11.6 Å². The minimum absolute atomic E-state index is 0.112. The van der Waals surface area contributed by atoms with Crippen LogP contribution in [0.25, 0.3) is 0 Å². The number of halogens is 4. The fraction of sp³-hybridized carbons (Fsp3) is 0.133. The molecule has 0 radical (unpaired) electrons. The summed E-state index contributed by atoms with van der Waals surface area (Å²) in [6.07, 6.45) is 0.112. The Labute approximate surface area is 128 Å². The van der Waals surface area contributed by atoms with Crippen LogP contribution >= 0.6 is 15.9 Å². The molecule has 0 saturated heterocycles. The van der Waals surface area contributed by atoms with Crippen LogP contribution in [0.15, 0.2) is 42.5 Å². The van der Waals surface area contributed by atoms with E-state index in [1.165, 1.54) is 6.07 Å². The van der Waals surface area contributed by atoms with Gasteiger partial charge in [0, 0.05) is 6.07 Å². The Kier molecular flexibility index (Phi) is 5.01. The average Bonchev–Trinajstić information content (AvgIpc) is 2.44. The number of benzene rings is 2. The largest absolute Gasteiger partial charge is 0.323 e. The van der Waals surface area contributed by atoms with Gasteiger partial charge in [0.25, 0.3) is 0 Å². The Morgan fingerprint density at radius 1 is 1.10 bits per heavy atom. The fourth-order valence-corrected chi connectivity index (χ4v) is 2.21. The molecule has 1 unspecified atom stereocenters. The molecule has 0 heterocycles. The molecule has 0 aliphatic rings. The van der Waals surface area contributed by atoms with Gasteiger partial charge < -0.3 is 5.32 Å². The molecule has 0 fully saturated rings. The third-order valence-corrected chi connectivity index (χ3v) is 3.57. The molecule has 0 spiro atoms. The van der Waals surface area contributed by atoms with Crippen LogP contribution in [0.3, 0.4) is 0 Å². The van der Waals surface area contributed by atoms with E-state index in [2.05, 4.69) is 21.2 Å². The normalized spacial score (nSPS) is 12.0. The summed E-state index contributed by atoms with van der Waals surface area (Å²) in [5.41, 5.74) is 0.244. The summed E-state index contributed by atoms with van der Waals surface area (Å²) in [5, 5.41) is 2.33. The zero-order valence-corrected chi connectivity index (χ0v) is 12.3. The number of anilines is 1. The second-order valence-electron chi connectivity index (χ2n) is 4.38. The van der Waals surface area contributed by atoms with Gasteiger partial charge in [-0.3, -0.25) is 4.79 Å². The second kappa shape index (κ2) is 6.76. The highest BCUT2D eigenvalue weighted by Gasteiger charge is 2.18. The van der Waals surface area contributed by atoms with Gasteiger partial charge in [0.1, 0.15) is 17.5 Å². The highest BCUT2D eigenvalue weighted by molar-refractivity contribution is 9.10. The number of hydrogen-bond acceptors (Lipinski definition) is 1. The van der Waals surface area contributed by atoms with Gasteiger partial charge in [0.15, 0.2) is 0 Å². The van der Waals surface area contributed by atoms with Gasteiger partial charge in [-0.05, 0) is 30.2 Å². The monoisotopic (exact) mass is 357 g/mol. The summed E-state index contributed by atoms with van der Waals surface area (Å²) in [5.74, 6) is -2.55. The summed E-state index contributed by atoms with van der Waals surface area (Å²) >= 11 is 3.14. The van der Waals surface area contributed by atoms with Crippen molar-refractivity contribution in [3.05, 3.63) is 65.5 Å². The molecule has 1 amide bonds. The molecule has 0 aromatic heterocycles. The minimum atomic E-state index is -0.867. The Morgan fingerprint density at radius 2 is 1.81 bits per heavy atom. The highest BCUT2D eigenvalue weighted by atomic mass is 79.9. The Bertz CT molecular complexity index is 663. The zero-order valence-electron chi connectivity index (χ0n) is 10.7. The molecule has 0 bridgehead atoms. The molecule has 1 atom stereocenters. The molecule has 21 heavy (non-hydrogen) atoms. The average molecular weight is 358 g/mol. The van der Waals surface area contributed by atoms with Crippen LogP contribution in [0.1, 0.15) is 5.56 Å². The first kappa shape index (κ1) is 15.6. The topological polar surface area (TPSA) is 29.1 Å². The van der Waals surface area contributed by atoms with Gasteiger partial charge in [-0.2, -0.15) is 0 Å². The molecule has 0 saturated carbocycles. The molecule has 2 aromatic rings. The van der Waals surface area contributed by atoms with Crippen molar-refractivity contribution < 1.29 is 18.0 Å². The number of rotatable bonds is 4. The molecule has 2 nitrogen and oxygen atoms in total. The molecule has 0 aliphatic heterocycles. The van der Waals surface area contributed by atoms with Gasteiger partial charge in [0.2, 0.25) is 5.91 Å². The van der Waals surface area contributed by atoms with E-state index in [1.54, 1.807) is 18.2 Å². The van der Waals surface area contributed by atoms with Gasteiger partial charge in [-0.1, -0.05) is 34.1 Å². The highest BCUT2D eigenvalue weighted by Crippen LogP contribution is 2.18. The quantitative estimate of drug-likeness (QED) is 0.821. The lowest BCUT2D eigenvalue weighted by atomic mass is 10.1. The lowest BCUT2D eigenvalue weighted by molar-refractivity contribution is -0.115. The van der Waals surface area contributed by atoms with Crippen molar-refractivity contribution in [2.45, 2.75) is 11.2 Å². The van der Waals surface area contributed by atoms with E-state index in [1.807, 2.05) is 0 Å². The van der Waals surface area contributed by atoms with E-state index >= 15 is 0 Å². The van der Waals surface area contributed by atoms with Crippen LogP contribution in [-0.4, -0.2) is 10.7 Å². The Balaban J connectivity index is 2.04. The van der Waals surface area contributed by atoms with Crippen LogP contribution in [-0.2, 0) is 11.2 Å². The van der Waals surface area contributed by atoms with Crippen molar-refractivity contribution in [2.75, 3.05) is 5.32 Å². The summed E-state index contributed by atoms with van der Waals surface area (Å²) < 4.78 is 39.7. The molecular weight excluding hydrogens is 347 g/mol. The van der Waals surface area contributed by atoms with Crippen molar-refractivity contribution in [3.8, 4) is 0 Å². The van der Waals surface area contributed by atoms with Gasteiger partial charge >= 0.3 is 0 Å². The summed E-state index contributed by atoms with van der Waals surface area (Å²) in [4.78, 5) is 11.2. The summed E-state index contributed by atoms with van der Waals surface area (Å²) in [6, 6.07) is 8.92. The van der Waals surface area contributed by atoms with E-state index in [0.717, 1.165) is 12.1 Å². The second-order valence-corrected chi connectivity index (χ2v) is 5.48.